The third-order valence-electron chi connectivity index (χ3n) is 9.01. The SMILES string of the molecule is Cc1oc2cc3oc(=O)c(CC(=O)N4CCC5(O)CCCCC5[C@@H]4c4ccc(Cl)cc4)c(C)c3cc2c1C. The monoisotopic (exact) mass is 533 g/mol. The van der Waals surface area contributed by atoms with Crippen LogP contribution >= 0.6 is 11.6 Å². The van der Waals surface area contributed by atoms with E-state index in [1.165, 1.54) is 0 Å². The van der Waals surface area contributed by atoms with Gasteiger partial charge in [-0.2, -0.15) is 0 Å². The summed E-state index contributed by atoms with van der Waals surface area (Å²) in [6.07, 6.45) is 4.10. The molecule has 1 saturated heterocycles. The lowest BCUT2D eigenvalue weighted by Gasteiger charge is -2.52. The number of amides is 1. The Labute approximate surface area is 226 Å². The molecule has 0 bridgehead atoms. The highest BCUT2D eigenvalue weighted by Crippen LogP contribution is 2.49. The maximum absolute atomic E-state index is 13.9. The molecule has 198 valence electrons. The highest BCUT2D eigenvalue weighted by molar-refractivity contribution is 6.30. The van der Waals surface area contributed by atoms with E-state index in [-0.39, 0.29) is 24.3 Å². The minimum Gasteiger partial charge on any atom is -0.461 e. The van der Waals surface area contributed by atoms with Crippen molar-refractivity contribution in [1.29, 1.82) is 0 Å². The Kier molecular flexibility index (Phi) is 6.15. The van der Waals surface area contributed by atoms with E-state index in [1.807, 2.05) is 56.0 Å². The minimum atomic E-state index is -0.789. The van der Waals surface area contributed by atoms with Gasteiger partial charge in [0.1, 0.15) is 16.9 Å². The lowest BCUT2D eigenvalue weighted by Crippen LogP contribution is -2.56. The lowest BCUT2D eigenvalue weighted by atomic mass is 9.66. The first kappa shape index (κ1) is 25.2. The highest BCUT2D eigenvalue weighted by Gasteiger charge is 2.50. The topological polar surface area (TPSA) is 83.9 Å². The fourth-order valence-electron chi connectivity index (χ4n) is 6.72. The zero-order valence-corrected chi connectivity index (χ0v) is 22.7. The van der Waals surface area contributed by atoms with E-state index in [1.54, 1.807) is 6.07 Å². The van der Waals surface area contributed by atoms with Gasteiger partial charge in [-0.05, 0) is 74.9 Å². The molecule has 1 aliphatic carbocycles. The number of hydrogen-bond donors (Lipinski definition) is 1. The zero-order chi connectivity index (χ0) is 26.8. The molecule has 4 aromatic rings. The molecule has 1 amide bonds. The molecule has 6 nitrogen and oxygen atoms in total. The van der Waals surface area contributed by atoms with Crippen LogP contribution in [-0.4, -0.2) is 28.1 Å². The number of aryl methyl sites for hydroxylation is 3. The van der Waals surface area contributed by atoms with Gasteiger partial charge in [0.2, 0.25) is 5.91 Å². The molecule has 0 spiro atoms. The molecule has 2 unspecified atom stereocenters. The standard InChI is InChI=1S/C31H32ClNO5/c1-17-19(3)37-26-16-27-23(14-22(17)26)18(2)24(30(35)38-27)15-28(34)33-13-12-31(36)11-5-4-6-25(31)29(33)20-7-9-21(32)10-8-20/h7-10,14,16,25,29,36H,4-6,11-13,15H2,1-3H3/t25?,29-,31?/m0/s1. The van der Waals surface area contributed by atoms with Gasteiger partial charge in [0, 0.05) is 34.3 Å². The maximum Gasteiger partial charge on any atom is 0.340 e. The summed E-state index contributed by atoms with van der Waals surface area (Å²) in [5.74, 6) is 0.625. The molecule has 1 N–H and O–H groups in total. The normalized spacial score (nSPS) is 23.7. The number of carbonyl (C=O) groups excluding carboxylic acids is 1. The maximum atomic E-state index is 13.9. The average Bonchev–Trinajstić information content (AvgIpc) is 3.17. The molecule has 2 fully saturated rings. The van der Waals surface area contributed by atoms with Crippen molar-refractivity contribution in [2.24, 2.45) is 5.92 Å². The van der Waals surface area contributed by atoms with Gasteiger partial charge in [0.05, 0.1) is 23.6 Å². The molecule has 2 aromatic heterocycles. The van der Waals surface area contributed by atoms with Crippen LogP contribution in [0, 0.1) is 26.7 Å². The molecular weight excluding hydrogens is 502 g/mol. The number of furan rings is 1. The third kappa shape index (κ3) is 4.05. The van der Waals surface area contributed by atoms with Crippen molar-refractivity contribution in [3.63, 3.8) is 0 Å². The second kappa shape index (κ2) is 9.28. The van der Waals surface area contributed by atoms with Crippen molar-refractivity contribution in [2.75, 3.05) is 6.54 Å². The van der Waals surface area contributed by atoms with E-state index in [4.69, 9.17) is 20.4 Å². The van der Waals surface area contributed by atoms with Crippen LogP contribution in [0.5, 0.6) is 0 Å². The molecule has 1 saturated carbocycles. The Morgan fingerprint density at radius 1 is 1.03 bits per heavy atom. The van der Waals surface area contributed by atoms with Gasteiger partial charge in [-0.25, -0.2) is 4.79 Å². The van der Waals surface area contributed by atoms with E-state index in [0.29, 0.717) is 34.7 Å². The Bertz CT molecular complexity index is 1620. The Morgan fingerprint density at radius 2 is 1.74 bits per heavy atom. The van der Waals surface area contributed by atoms with Crippen LogP contribution in [0.4, 0.5) is 0 Å². The van der Waals surface area contributed by atoms with E-state index in [9.17, 15) is 14.7 Å². The number of carbonyl (C=O) groups is 1. The number of piperidine rings is 1. The van der Waals surface area contributed by atoms with Gasteiger partial charge >= 0.3 is 5.63 Å². The van der Waals surface area contributed by atoms with Crippen LogP contribution in [0.3, 0.4) is 0 Å². The van der Waals surface area contributed by atoms with Crippen LogP contribution in [0.15, 0.2) is 50.0 Å². The second-order valence-corrected chi connectivity index (χ2v) is 11.5. The van der Waals surface area contributed by atoms with Gasteiger partial charge in [-0.1, -0.05) is 36.6 Å². The summed E-state index contributed by atoms with van der Waals surface area (Å²) >= 11 is 6.17. The fourth-order valence-corrected chi connectivity index (χ4v) is 6.84. The summed E-state index contributed by atoms with van der Waals surface area (Å²) < 4.78 is 11.5. The number of likely N-dealkylation sites (tertiary alicyclic amines) is 1. The third-order valence-corrected chi connectivity index (χ3v) is 9.26. The van der Waals surface area contributed by atoms with Gasteiger partial charge in [-0.15, -0.1) is 0 Å². The van der Waals surface area contributed by atoms with Gasteiger partial charge < -0.3 is 18.8 Å². The average molecular weight is 534 g/mol. The summed E-state index contributed by atoms with van der Waals surface area (Å²) in [5.41, 5.74) is 2.97. The van der Waals surface area contributed by atoms with Gasteiger partial charge in [0.15, 0.2) is 0 Å². The molecule has 2 aromatic carbocycles. The van der Waals surface area contributed by atoms with E-state index >= 15 is 0 Å². The molecule has 3 atom stereocenters. The second-order valence-electron chi connectivity index (χ2n) is 11.1. The minimum absolute atomic E-state index is 0.0548. The van der Waals surface area contributed by atoms with Crippen LogP contribution in [0.2, 0.25) is 5.02 Å². The molecule has 2 aliphatic rings. The molecule has 1 aliphatic heterocycles. The Balaban J connectivity index is 1.39. The quantitative estimate of drug-likeness (QED) is 0.302. The van der Waals surface area contributed by atoms with E-state index in [0.717, 1.165) is 58.9 Å². The summed E-state index contributed by atoms with van der Waals surface area (Å²) in [4.78, 5) is 28.9. The zero-order valence-electron chi connectivity index (χ0n) is 22.0. The van der Waals surface area contributed by atoms with Crippen molar-refractivity contribution in [1.82, 2.24) is 4.90 Å². The van der Waals surface area contributed by atoms with E-state index < -0.39 is 11.2 Å². The Hall–Kier alpha value is -3.09. The van der Waals surface area contributed by atoms with Crippen molar-refractivity contribution < 1.29 is 18.7 Å². The van der Waals surface area contributed by atoms with Crippen LogP contribution < -0.4 is 5.63 Å². The first-order chi connectivity index (χ1) is 18.2. The Morgan fingerprint density at radius 3 is 2.50 bits per heavy atom. The summed E-state index contributed by atoms with van der Waals surface area (Å²) in [6.45, 7) is 6.23. The number of rotatable bonds is 3. The van der Waals surface area contributed by atoms with Crippen LogP contribution in [0.1, 0.15) is 66.2 Å². The van der Waals surface area contributed by atoms with Crippen LogP contribution in [-0.2, 0) is 11.2 Å². The van der Waals surface area contributed by atoms with Gasteiger partial charge in [0.25, 0.3) is 0 Å². The highest BCUT2D eigenvalue weighted by atomic mass is 35.5. The number of fused-ring (bicyclic) bond motifs is 3. The number of hydrogen-bond acceptors (Lipinski definition) is 5. The fraction of sp³-hybridized carbons (Fsp3) is 0.419. The van der Waals surface area contributed by atoms with Crippen molar-refractivity contribution in [3.8, 4) is 0 Å². The molecule has 3 heterocycles. The van der Waals surface area contributed by atoms with Crippen molar-refractivity contribution in [3.05, 3.63) is 79.9 Å². The van der Waals surface area contributed by atoms with Gasteiger partial charge in [-0.3, -0.25) is 4.79 Å². The van der Waals surface area contributed by atoms with Crippen molar-refractivity contribution in [2.45, 2.75) is 70.9 Å². The first-order valence-corrected chi connectivity index (χ1v) is 13.8. The predicted octanol–water partition coefficient (Wildman–Crippen LogP) is 6.56. The summed E-state index contributed by atoms with van der Waals surface area (Å²) in [6, 6.07) is 11.0. The van der Waals surface area contributed by atoms with Crippen molar-refractivity contribution >= 4 is 39.4 Å². The predicted molar refractivity (Wildman–Crippen MR) is 148 cm³/mol. The number of benzene rings is 2. The number of halogens is 1. The summed E-state index contributed by atoms with van der Waals surface area (Å²) in [5, 5.41) is 14.0. The number of nitrogens with zero attached hydrogens (tertiary/aromatic N) is 1. The molecule has 38 heavy (non-hydrogen) atoms. The smallest absolute Gasteiger partial charge is 0.340 e. The molecular formula is C31H32ClNO5. The van der Waals surface area contributed by atoms with Crippen LogP contribution in [0.25, 0.3) is 21.9 Å². The number of aliphatic hydroxyl groups is 1. The molecule has 7 heteroatoms. The first-order valence-electron chi connectivity index (χ1n) is 13.4. The largest absolute Gasteiger partial charge is 0.461 e. The summed E-state index contributed by atoms with van der Waals surface area (Å²) in [7, 11) is 0. The molecule has 0 radical (unpaired) electrons. The lowest BCUT2D eigenvalue weighted by molar-refractivity contribution is -0.154. The molecule has 6 rings (SSSR count). The van der Waals surface area contributed by atoms with E-state index in [2.05, 4.69) is 0 Å².